The molecule has 84 valence electrons. The van der Waals surface area contributed by atoms with Crippen molar-refractivity contribution in [3.05, 3.63) is 0 Å². The molecule has 4 aliphatic rings. The van der Waals surface area contributed by atoms with Crippen LogP contribution in [0.4, 0.5) is 0 Å². The first-order chi connectivity index (χ1) is 7.08. The van der Waals surface area contributed by atoms with Gasteiger partial charge < -0.3 is 4.74 Å². The van der Waals surface area contributed by atoms with E-state index in [9.17, 15) is 4.79 Å². The van der Waals surface area contributed by atoms with Crippen molar-refractivity contribution in [3.63, 3.8) is 0 Å². The summed E-state index contributed by atoms with van der Waals surface area (Å²) < 4.78 is 5.68. The van der Waals surface area contributed by atoms with E-state index in [2.05, 4.69) is 6.92 Å². The van der Waals surface area contributed by atoms with Crippen molar-refractivity contribution in [2.45, 2.75) is 64.6 Å². The highest BCUT2D eigenvalue weighted by Crippen LogP contribution is 2.62. The number of carbonyl (C=O) groups is 1. The Labute approximate surface area is 91.4 Å². The minimum Gasteiger partial charge on any atom is -0.369 e. The standard InChI is InChI=1S/C13H20O2/c1-9-11(15-9)13-6-3-12(4-7-13,5-8-13)10(2)14/h9,11H,3-8H2,1-2H3. The molecular weight excluding hydrogens is 188 g/mol. The lowest BCUT2D eigenvalue weighted by atomic mass is 9.51. The first kappa shape index (κ1) is 9.83. The summed E-state index contributed by atoms with van der Waals surface area (Å²) in [5, 5.41) is 0. The smallest absolute Gasteiger partial charge is 0.135 e. The van der Waals surface area contributed by atoms with Gasteiger partial charge in [0.2, 0.25) is 0 Å². The number of hydrogen-bond donors (Lipinski definition) is 0. The molecule has 1 saturated heterocycles. The number of carbonyl (C=O) groups excluding carboxylic acids is 1. The fourth-order valence-corrected chi connectivity index (χ4v) is 4.00. The Kier molecular flexibility index (Phi) is 1.87. The van der Waals surface area contributed by atoms with Crippen molar-refractivity contribution in [1.82, 2.24) is 0 Å². The van der Waals surface area contributed by atoms with Crippen LogP contribution in [0.25, 0.3) is 0 Å². The number of fused-ring (bicyclic) bond motifs is 3. The second-order valence-electron chi connectivity index (χ2n) is 5.96. The van der Waals surface area contributed by atoms with Gasteiger partial charge in [-0.05, 0) is 57.8 Å². The number of rotatable bonds is 2. The first-order valence-corrected chi connectivity index (χ1v) is 6.25. The minimum absolute atomic E-state index is 0.0693. The van der Waals surface area contributed by atoms with Crippen LogP contribution in [-0.2, 0) is 9.53 Å². The molecule has 4 rings (SSSR count). The maximum Gasteiger partial charge on any atom is 0.135 e. The van der Waals surface area contributed by atoms with Gasteiger partial charge in [0, 0.05) is 5.41 Å². The maximum atomic E-state index is 11.7. The van der Waals surface area contributed by atoms with E-state index < -0.39 is 0 Å². The number of ketones is 1. The highest BCUT2D eigenvalue weighted by molar-refractivity contribution is 5.82. The molecule has 0 radical (unpaired) electrons. The zero-order valence-corrected chi connectivity index (χ0v) is 9.71. The summed E-state index contributed by atoms with van der Waals surface area (Å²) in [5.41, 5.74) is 0.524. The van der Waals surface area contributed by atoms with Crippen LogP contribution < -0.4 is 0 Å². The third-order valence-corrected chi connectivity index (χ3v) is 5.37. The van der Waals surface area contributed by atoms with Crippen molar-refractivity contribution in [1.29, 1.82) is 0 Å². The van der Waals surface area contributed by atoms with Gasteiger partial charge in [0.25, 0.3) is 0 Å². The summed E-state index contributed by atoms with van der Waals surface area (Å²) in [6.45, 7) is 3.97. The van der Waals surface area contributed by atoms with Crippen LogP contribution in [0.15, 0.2) is 0 Å². The van der Waals surface area contributed by atoms with E-state index in [0.717, 1.165) is 19.3 Å². The molecule has 2 atom stereocenters. The van der Waals surface area contributed by atoms with Crippen LogP contribution in [0.1, 0.15) is 52.4 Å². The van der Waals surface area contributed by atoms with E-state index in [1.807, 2.05) is 0 Å². The number of epoxide rings is 1. The van der Waals surface area contributed by atoms with Gasteiger partial charge in [0.15, 0.2) is 0 Å². The average Bonchev–Trinajstić information content (AvgIpc) is 2.99. The normalized spacial score (nSPS) is 52.9. The molecule has 0 amide bonds. The summed E-state index contributed by atoms with van der Waals surface area (Å²) in [7, 11) is 0. The molecule has 2 heteroatoms. The van der Waals surface area contributed by atoms with E-state index in [0.29, 0.717) is 23.4 Å². The molecule has 1 heterocycles. The second kappa shape index (κ2) is 2.85. The molecule has 0 aromatic carbocycles. The second-order valence-corrected chi connectivity index (χ2v) is 5.96. The number of hydrogen-bond acceptors (Lipinski definition) is 2. The van der Waals surface area contributed by atoms with Crippen LogP contribution >= 0.6 is 0 Å². The highest BCUT2D eigenvalue weighted by atomic mass is 16.6. The van der Waals surface area contributed by atoms with Crippen molar-refractivity contribution in [3.8, 4) is 0 Å². The van der Waals surface area contributed by atoms with Crippen LogP contribution in [0.3, 0.4) is 0 Å². The zero-order chi connectivity index (χ0) is 10.7. The molecule has 0 N–H and O–H groups in total. The molecular formula is C13H20O2. The third-order valence-electron chi connectivity index (χ3n) is 5.37. The van der Waals surface area contributed by atoms with Crippen molar-refractivity contribution in [2.75, 3.05) is 0 Å². The molecule has 3 saturated carbocycles. The van der Waals surface area contributed by atoms with Gasteiger partial charge in [0.1, 0.15) is 5.78 Å². The maximum absolute atomic E-state index is 11.7. The Bertz CT molecular complexity index is 283. The van der Waals surface area contributed by atoms with E-state index in [1.165, 1.54) is 19.3 Å². The number of Topliss-reactive ketones (excluding diaryl/α,β-unsaturated/α-hetero) is 1. The van der Waals surface area contributed by atoms with Crippen LogP contribution in [0.2, 0.25) is 0 Å². The van der Waals surface area contributed by atoms with Gasteiger partial charge in [-0.25, -0.2) is 0 Å². The first-order valence-electron chi connectivity index (χ1n) is 6.25. The van der Waals surface area contributed by atoms with Crippen LogP contribution in [-0.4, -0.2) is 18.0 Å². The lowest BCUT2D eigenvalue weighted by Gasteiger charge is -2.52. The molecule has 15 heavy (non-hydrogen) atoms. The summed E-state index contributed by atoms with van der Waals surface area (Å²) in [6.07, 6.45) is 8.03. The van der Waals surface area contributed by atoms with Gasteiger partial charge in [-0.15, -0.1) is 0 Å². The zero-order valence-electron chi connectivity index (χ0n) is 9.71. The molecule has 4 fully saturated rings. The molecule has 0 aromatic rings. The Morgan fingerprint density at radius 3 is 1.93 bits per heavy atom. The monoisotopic (exact) mass is 208 g/mol. The lowest BCUT2D eigenvalue weighted by molar-refractivity contribution is -0.136. The summed E-state index contributed by atoms with van der Waals surface area (Å²) in [6, 6.07) is 0. The summed E-state index contributed by atoms with van der Waals surface area (Å²) in [4.78, 5) is 11.7. The predicted molar refractivity (Wildman–Crippen MR) is 57.6 cm³/mol. The number of ether oxygens (including phenoxy) is 1. The molecule has 0 aromatic heterocycles. The quantitative estimate of drug-likeness (QED) is 0.653. The van der Waals surface area contributed by atoms with E-state index in [-0.39, 0.29) is 5.41 Å². The summed E-state index contributed by atoms with van der Waals surface area (Å²) >= 11 is 0. The molecule has 2 unspecified atom stereocenters. The van der Waals surface area contributed by atoms with Crippen molar-refractivity contribution >= 4 is 5.78 Å². The molecule has 3 aliphatic carbocycles. The lowest BCUT2D eigenvalue weighted by Crippen LogP contribution is -2.47. The SMILES string of the molecule is CC(=O)C12CCC(C3OC3C)(CC1)CC2. The van der Waals surface area contributed by atoms with Gasteiger partial charge in [-0.3, -0.25) is 4.79 Å². The average molecular weight is 208 g/mol. The largest absolute Gasteiger partial charge is 0.369 e. The third kappa shape index (κ3) is 1.24. The van der Waals surface area contributed by atoms with E-state index in [1.54, 1.807) is 6.92 Å². The molecule has 1 aliphatic heterocycles. The van der Waals surface area contributed by atoms with Crippen LogP contribution in [0, 0.1) is 10.8 Å². The van der Waals surface area contributed by atoms with Crippen molar-refractivity contribution < 1.29 is 9.53 Å². The Balaban J connectivity index is 1.79. The topological polar surface area (TPSA) is 29.6 Å². The fourth-order valence-electron chi connectivity index (χ4n) is 4.00. The Morgan fingerprint density at radius 2 is 1.60 bits per heavy atom. The molecule has 2 nitrogen and oxygen atoms in total. The molecule has 0 spiro atoms. The van der Waals surface area contributed by atoms with E-state index in [4.69, 9.17) is 4.74 Å². The molecule has 2 bridgehead atoms. The summed E-state index contributed by atoms with van der Waals surface area (Å²) in [5.74, 6) is 0.431. The van der Waals surface area contributed by atoms with Gasteiger partial charge in [-0.1, -0.05) is 0 Å². The van der Waals surface area contributed by atoms with Gasteiger partial charge in [-0.2, -0.15) is 0 Å². The van der Waals surface area contributed by atoms with E-state index >= 15 is 0 Å². The van der Waals surface area contributed by atoms with Gasteiger partial charge in [0.05, 0.1) is 12.2 Å². The highest BCUT2D eigenvalue weighted by Gasteiger charge is 2.59. The Morgan fingerprint density at radius 1 is 1.13 bits per heavy atom. The predicted octanol–water partition coefficient (Wildman–Crippen LogP) is 2.70. The fraction of sp³-hybridized carbons (Fsp3) is 0.923. The van der Waals surface area contributed by atoms with Gasteiger partial charge >= 0.3 is 0 Å². The minimum atomic E-state index is 0.0693. The van der Waals surface area contributed by atoms with Crippen LogP contribution in [0.5, 0.6) is 0 Å². The Hall–Kier alpha value is -0.370. The van der Waals surface area contributed by atoms with Crippen molar-refractivity contribution in [2.24, 2.45) is 10.8 Å².